The minimum atomic E-state index is -4.50. The number of nitrogens with zero attached hydrogens (tertiary/aromatic N) is 3. The van der Waals surface area contributed by atoms with Crippen molar-refractivity contribution in [3.8, 4) is 0 Å². The molecule has 0 spiro atoms. The second-order valence-corrected chi connectivity index (χ2v) is 13.7. The Balaban J connectivity index is 1.23. The van der Waals surface area contributed by atoms with Crippen LogP contribution in [0.5, 0.6) is 0 Å². The Bertz CT molecular complexity index is 1450. The van der Waals surface area contributed by atoms with E-state index in [1.807, 2.05) is 11.8 Å². The molecule has 40 heavy (non-hydrogen) atoms. The molecule has 0 unspecified atom stereocenters. The van der Waals surface area contributed by atoms with Crippen LogP contribution in [0.4, 0.5) is 17.6 Å². The fraction of sp³-hybridized carbons (Fsp3) is 0.500. The molecular weight excluding hydrogens is 548 g/mol. The van der Waals surface area contributed by atoms with Crippen molar-refractivity contribution in [2.24, 2.45) is 10.4 Å². The Morgan fingerprint density at radius 2 is 1.62 bits per heavy atom. The van der Waals surface area contributed by atoms with E-state index >= 15 is 0 Å². The standard InChI is InChI=1S/C28H30F4N4O3S/c1-25(24(37)35-12-2-3-13-35)18-33-23(34-25)26-15-27(16-26,17-26)36(40(38,39)22-10-8-21(29)9-11-22)14-19-4-6-20(7-5-19)28(30,31)32/h4-11H,2-3,12-18H2,1H3,(H,33,34)/t25-,26?,27?/m1/s1. The second kappa shape index (κ2) is 9.01. The van der Waals surface area contributed by atoms with E-state index in [9.17, 15) is 30.8 Å². The fourth-order valence-corrected chi connectivity index (χ4v) is 8.48. The molecule has 3 saturated carbocycles. The zero-order chi connectivity index (χ0) is 28.6. The SMILES string of the molecule is C[C@]1(C(=O)N2CCCC2)CN=C(C23CC(N(Cc4ccc(C(F)(F)F)cc4)S(=O)(=O)c4ccc(F)cc4)(C2)C3)N1. The van der Waals surface area contributed by atoms with E-state index in [2.05, 4.69) is 5.32 Å². The molecule has 5 aliphatic rings. The molecule has 0 radical (unpaired) electrons. The van der Waals surface area contributed by atoms with Gasteiger partial charge in [0.25, 0.3) is 0 Å². The van der Waals surface area contributed by atoms with Crippen molar-refractivity contribution in [2.75, 3.05) is 19.6 Å². The van der Waals surface area contributed by atoms with Crippen molar-refractivity contribution in [2.45, 2.75) is 67.7 Å². The zero-order valence-electron chi connectivity index (χ0n) is 22.0. The molecule has 2 heterocycles. The van der Waals surface area contributed by atoms with Gasteiger partial charge in [0.2, 0.25) is 15.9 Å². The summed E-state index contributed by atoms with van der Waals surface area (Å²) in [5.41, 5.74) is -2.36. The first kappa shape index (κ1) is 27.2. The van der Waals surface area contributed by atoms with Crippen LogP contribution in [0.25, 0.3) is 0 Å². The molecule has 4 fully saturated rings. The average Bonchev–Trinajstić information content (AvgIpc) is 3.53. The third-order valence-electron chi connectivity index (χ3n) is 8.86. The van der Waals surface area contributed by atoms with Crippen LogP contribution in [0.15, 0.2) is 58.4 Å². The van der Waals surface area contributed by atoms with E-state index in [1.54, 1.807) is 0 Å². The van der Waals surface area contributed by atoms with Crippen LogP contribution >= 0.6 is 0 Å². The van der Waals surface area contributed by atoms with Gasteiger partial charge in [-0.05, 0) is 81.0 Å². The smallest absolute Gasteiger partial charge is 0.358 e. The Hall–Kier alpha value is -2.99. The van der Waals surface area contributed by atoms with Gasteiger partial charge in [-0.1, -0.05) is 12.1 Å². The number of aliphatic imine (C=N–C) groups is 1. The predicted octanol–water partition coefficient (Wildman–Crippen LogP) is 4.34. The highest BCUT2D eigenvalue weighted by Crippen LogP contribution is 2.71. The molecule has 7 nitrogen and oxygen atoms in total. The van der Waals surface area contributed by atoms with Gasteiger partial charge in [-0.25, -0.2) is 12.8 Å². The van der Waals surface area contributed by atoms with Gasteiger partial charge in [0.05, 0.1) is 17.0 Å². The van der Waals surface area contributed by atoms with Crippen molar-refractivity contribution >= 4 is 21.8 Å². The molecule has 1 N–H and O–H groups in total. The lowest BCUT2D eigenvalue weighted by atomic mass is 9.38. The molecule has 2 aromatic rings. The Labute approximate surface area is 230 Å². The van der Waals surface area contributed by atoms with Crippen molar-refractivity contribution in [3.63, 3.8) is 0 Å². The van der Waals surface area contributed by atoms with Crippen LogP contribution < -0.4 is 5.32 Å². The maximum Gasteiger partial charge on any atom is 0.416 e. The molecule has 1 amide bonds. The minimum absolute atomic E-state index is 0.0212. The molecule has 214 valence electrons. The molecule has 12 heteroatoms. The van der Waals surface area contributed by atoms with Crippen LogP contribution in [-0.2, 0) is 27.5 Å². The number of carbonyl (C=O) groups is 1. The maximum atomic E-state index is 13.8. The van der Waals surface area contributed by atoms with Gasteiger partial charge >= 0.3 is 6.18 Å². The second-order valence-electron chi connectivity index (χ2n) is 11.8. The zero-order valence-corrected chi connectivity index (χ0v) is 22.8. The lowest BCUT2D eigenvalue weighted by Gasteiger charge is -2.73. The van der Waals surface area contributed by atoms with Gasteiger partial charge in [-0.15, -0.1) is 0 Å². The number of likely N-dealkylation sites (tertiary alicyclic amines) is 1. The number of hydrogen-bond donors (Lipinski definition) is 1. The summed E-state index contributed by atoms with van der Waals surface area (Å²) in [5.74, 6) is 0.167. The minimum Gasteiger partial charge on any atom is -0.358 e. The highest BCUT2D eigenvalue weighted by molar-refractivity contribution is 7.89. The first-order chi connectivity index (χ1) is 18.8. The van der Waals surface area contributed by atoms with E-state index < -0.39 is 38.7 Å². The van der Waals surface area contributed by atoms with Gasteiger partial charge < -0.3 is 10.2 Å². The summed E-state index contributed by atoms with van der Waals surface area (Å²) in [4.78, 5) is 19.6. The molecule has 3 aliphatic carbocycles. The number of amides is 1. The summed E-state index contributed by atoms with van der Waals surface area (Å²) in [6.07, 6.45) is -1.11. The highest BCUT2D eigenvalue weighted by atomic mass is 32.2. The molecule has 7 rings (SSSR count). The number of alkyl halides is 3. The van der Waals surface area contributed by atoms with Gasteiger partial charge in [0.15, 0.2) is 0 Å². The lowest BCUT2D eigenvalue weighted by Crippen LogP contribution is -2.79. The first-order valence-corrected chi connectivity index (χ1v) is 14.8. The van der Waals surface area contributed by atoms with Crippen LogP contribution in [0.3, 0.4) is 0 Å². The number of sulfonamides is 1. The fourth-order valence-electron chi connectivity index (χ4n) is 6.72. The van der Waals surface area contributed by atoms with Gasteiger partial charge in [-0.2, -0.15) is 17.5 Å². The number of amidine groups is 1. The number of nitrogens with one attached hydrogen (secondary N) is 1. The summed E-state index contributed by atoms with van der Waals surface area (Å²) in [6.45, 7) is 3.51. The molecule has 2 aromatic carbocycles. The van der Waals surface area contributed by atoms with Crippen LogP contribution in [-0.4, -0.2) is 60.1 Å². The molecule has 1 saturated heterocycles. The van der Waals surface area contributed by atoms with Crippen molar-refractivity contribution in [1.82, 2.24) is 14.5 Å². The number of carbonyl (C=O) groups excluding carboxylic acids is 1. The van der Waals surface area contributed by atoms with Gasteiger partial charge in [0.1, 0.15) is 17.2 Å². The monoisotopic (exact) mass is 578 g/mol. The van der Waals surface area contributed by atoms with Crippen LogP contribution in [0, 0.1) is 11.2 Å². The Morgan fingerprint density at radius 3 is 2.20 bits per heavy atom. The highest BCUT2D eigenvalue weighted by Gasteiger charge is 2.75. The summed E-state index contributed by atoms with van der Waals surface area (Å²) < 4.78 is 81.8. The van der Waals surface area contributed by atoms with Gasteiger partial charge in [-0.3, -0.25) is 9.79 Å². The van der Waals surface area contributed by atoms with E-state index in [-0.39, 0.29) is 22.8 Å². The summed E-state index contributed by atoms with van der Waals surface area (Å²) in [7, 11) is -4.11. The molecule has 2 aliphatic heterocycles. The average molecular weight is 579 g/mol. The number of benzene rings is 2. The third-order valence-corrected chi connectivity index (χ3v) is 10.8. The number of rotatable bonds is 7. The van der Waals surface area contributed by atoms with E-state index in [0.29, 0.717) is 31.4 Å². The summed E-state index contributed by atoms with van der Waals surface area (Å²) in [5, 5.41) is 3.37. The Morgan fingerprint density at radius 1 is 1.02 bits per heavy atom. The van der Waals surface area contributed by atoms with Crippen molar-refractivity contribution in [1.29, 1.82) is 0 Å². The van der Waals surface area contributed by atoms with E-state index in [4.69, 9.17) is 4.99 Å². The number of hydrogen-bond acceptors (Lipinski definition) is 5. The molecular formula is C28H30F4N4O3S. The number of halogens is 4. The molecule has 1 atom stereocenters. The van der Waals surface area contributed by atoms with Crippen molar-refractivity contribution in [3.05, 3.63) is 65.5 Å². The summed E-state index contributed by atoms with van der Waals surface area (Å²) in [6, 6.07) is 9.00. The molecule has 0 aromatic heterocycles. The topological polar surface area (TPSA) is 82.1 Å². The van der Waals surface area contributed by atoms with E-state index in [1.165, 1.54) is 28.6 Å². The quantitative estimate of drug-likeness (QED) is 0.496. The summed E-state index contributed by atoms with van der Waals surface area (Å²) >= 11 is 0. The van der Waals surface area contributed by atoms with Crippen LogP contribution in [0.1, 0.15) is 50.2 Å². The Kier molecular flexibility index (Phi) is 6.12. The third kappa shape index (κ3) is 4.30. The normalized spacial score (nSPS) is 29.6. The first-order valence-electron chi connectivity index (χ1n) is 13.3. The van der Waals surface area contributed by atoms with Crippen molar-refractivity contribution < 1.29 is 30.8 Å². The van der Waals surface area contributed by atoms with E-state index in [0.717, 1.165) is 56.0 Å². The largest absolute Gasteiger partial charge is 0.416 e. The lowest BCUT2D eigenvalue weighted by molar-refractivity contribution is -0.151. The molecule has 2 bridgehead atoms. The predicted molar refractivity (Wildman–Crippen MR) is 139 cm³/mol. The van der Waals surface area contributed by atoms with Crippen LogP contribution in [0.2, 0.25) is 0 Å². The maximum absolute atomic E-state index is 13.8. The van der Waals surface area contributed by atoms with Gasteiger partial charge in [0, 0.05) is 30.6 Å².